The van der Waals surface area contributed by atoms with Crippen LogP contribution in [0.5, 0.6) is 0 Å². The summed E-state index contributed by atoms with van der Waals surface area (Å²) >= 11 is 0. The molecule has 0 aromatic carbocycles. The molecule has 0 saturated carbocycles. The van der Waals surface area contributed by atoms with Gasteiger partial charge in [-0.05, 0) is 18.9 Å². The Hall–Kier alpha value is -1.36. The molecule has 0 aromatic rings. The van der Waals surface area contributed by atoms with Crippen LogP contribution in [0.15, 0.2) is 12.2 Å². The second kappa shape index (κ2) is 7.87. The lowest BCUT2D eigenvalue weighted by Crippen LogP contribution is -2.30. The minimum atomic E-state index is -1.03. The predicted molar refractivity (Wildman–Crippen MR) is 57.8 cm³/mol. The Morgan fingerprint density at radius 1 is 1.38 bits per heavy atom. The van der Waals surface area contributed by atoms with Gasteiger partial charge in [-0.3, -0.25) is 4.79 Å². The van der Waals surface area contributed by atoms with E-state index in [0.29, 0.717) is 18.6 Å². The number of carbonyl (C=O) groups excluding carboxylic acids is 2. The second-order valence-corrected chi connectivity index (χ2v) is 3.14. The molecule has 0 aliphatic heterocycles. The summed E-state index contributed by atoms with van der Waals surface area (Å²) < 4.78 is 14.5. The SMILES string of the molecule is C=C(CCOC)C(OC(C)=O)C(=O)OCC. The van der Waals surface area contributed by atoms with Crippen LogP contribution in [0.3, 0.4) is 0 Å². The average molecular weight is 230 g/mol. The van der Waals surface area contributed by atoms with Crippen LogP contribution in [0, 0.1) is 0 Å². The fourth-order valence-corrected chi connectivity index (χ4v) is 1.05. The van der Waals surface area contributed by atoms with E-state index in [1.165, 1.54) is 6.92 Å². The lowest BCUT2D eigenvalue weighted by atomic mass is 10.1. The van der Waals surface area contributed by atoms with E-state index in [-0.39, 0.29) is 6.61 Å². The predicted octanol–water partition coefficient (Wildman–Crippen LogP) is 1.07. The smallest absolute Gasteiger partial charge is 0.351 e. The third-order valence-corrected chi connectivity index (χ3v) is 1.78. The minimum absolute atomic E-state index is 0.230. The fraction of sp³-hybridized carbons (Fsp3) is 0.636. The van der Waals surface area contributed by atoms with Gasteiger partial charge in [-0.1, -0.05) is 6.58 Å². The summed E-state index contributed by atoms with van der Waals surface area (Å²) in [5.74, 6) is -1.14. The molecule has 0 amide bonds. The van der Waals surface area contributed by atoms with Gasteiger partial charge < -0.3 is 14.2 Å². The van der Waals surface area contributed by atoms with Crippen molar-refractivity contribution in [1.29, 1.82) is 0 Å². The molecule has 1 unspecified atom stereocenters. The molecule has 0 N–H and O–H groups in total. The maximum Gasteiger partial charge on any atom is 0.351 e. The van der Waals surface area contributed by atoms with E-state index in [4.69, 9.17) is 14.2 Å². The van der Waals surface area contributed by atoms with Crippen molar-refractivity contribution in [2.24, 2.45) is 0 Å². The van der Waals surface area contributed by atoms with Crippen molar-refractivity contribution in [2.45, 2.75) is 26.4 Å². The third kappa shape index (κ3) is 5.50. The number of rotatable bonds is 7. The third-order valence-electron chi connectivity index (χ3n) is 1.78. The van der Waals surface area contributed by atoms with Crippen molar-refractivity contribution in [2.75, 3.05) is 20.3 Å². The minimum Gasteiger partial charge on any atom is -0.463 e. The molecule has 0 heterocycles. The van der Waals surface area contributed by atoms with Crippen LogP contribution in [-0.4, -0.2) is 38.4 Å². The van der Waals surface area contributed by atoms with Gasteiger partial charge in [0.05, 0.1) is 13.2 Å². The van der Waals surface area contributed by atoms with E-state index in [0.717, 1.165) is 0 Å². The molecule has 5 nitrogen and oxygen atoms in total. The average Bonchev–Trinajstić information content (AvgIpc) is 2.22. The largest absolute Gasteiger partial charge is 0.463 e. The van der Waals surface area contributed by atoms with Crippen LogP contribution in [-0.2, 0) is 23.8 Å². The van der Waals surface area contributed by atoms with E-state index in [1.54, 1.807) is 14.0 Å². The topological polar surface area (TPSA) is 61.8 Å². The zero-order chi connectivity index (χ0) is 12.6. The van der Waals surface area contributed by atoms with Gasteiger partial charge in [0.2, 0.25) is 6.10 Å². The van der Waals surface area contributed by atoms with Gasteiger partial charge in [-0.25, -0.2) is 4.79 Å². The molecule has 0 saturated heterocycles. The van der Waals surface area contributed by atoms with Gasteiger partial charge in [0, 0.05) is 14.0 Å². The van der Waals surface area contributed by atoms with Crippen LogP contribution in [0.2, 0.25) is 0 Å². The van der Waals surface area contributed by atoms with Crippen molar-refractivity contribution in [3.63, 3.8) is 0 Å². The molecular formula is C11H18O5. The lowest BCUT2D eigenvalue weighted by molar-refractivity contribution is -0.163. The monoisotopic (exact) mass is 230 g/mol. The summed E-state index contributed by atoms with van der Waals surface area (Å²) in [4.78, 5) is 22.3. The molecule has 16 heavy (non-hydrogen) atoms. The summed E-state index contributed by atoms with van der Waals surface area (Å²) in [5.41, 5.74) is 0.468. The van der Waals surface area contributed by atoms with Crippen molar-refractivity contribution in [1.82, 2.24) is 0 Å². The summed E-state index contributed by atoms with van der Waals surface area (Å²) in [6.45, 7) is 7.25. The molecule has 0 aliphatic rings. The lowest BCUT2D eigenvalue weighted by Gasteiger charge is -2.17. The Labute approximate surface area is 95.4 Å². The van der Waals surface area contributed by atoms with Gasteiger partial charge in [-0.15, -0.1) is 0 Å². The fourth-order valence-electron chi connectivity index (χ4n) is 1.05. The molecule has 92 valence electrons. The molecule has 0 aliphatic carbocycles. The van der Waals surface area contributed by atoms with Gasteiger partial charge >= 0.3 is 11.9 Å². The summed E-state index contributed by atoms with van der Waals surface area (Å²) in [7, 11) is 1.54. The highest BCUT2D eigenvalue weighted by molar-refractivity contribution is 5.81. The number of ether oxygens (including phenoxy) is 3. The quantitative estimate of drug-likeness (QED) is 0.483. The molecule has 1 atom stereocenters. The van der Waals surface area contributed by atoms with Gasteiger partial charge in [0.25, 0.3) is 0 Å². The first-order valence-electron chi connectivity index (χ1n) is 5.03. The zero-order valence-corrected chi connectivity index (χ0v) is 9.95. The Kier molecular flexibility index (Phi) is 7.20. The molecule has 0 fully saturated rings. The van der Waals surface area contributed by atoms with Gasteiger partial charge in [-0.2, -0.15) is 0 Å². The number of hydrogen-bond acceptors (Lipinski definition) is 5. The molecule has 0 aromatic heterocycles. The van der Waals surface area contributed by atoms with Crippen molar-refractivity contribution >= 4 is 11.9 Å². The van der Waals surface area contributed by atoms with E-state index >= 15 is 0 Å². The summed E-state index contributed by atoms with van der Waals surface area (Å²) in [6, 6.07) is 0. The highest BCUT2D eigenvalue weighted by Crippen LogP contribution is 2.11. The Morgan fingerprint density at radius 2 is 2.00 bits per heavy atom. The molecule has 0 rings (SSSR count). The van der Waals surface area contributed by atoms with Crippen molar-refractivity contribution in [3.05, 3.63) is 12.2 Å². The number of hydrogen-bond donors (Lipinski definition) is 0. The number of methoxy groups -OCH3 is 1. The first kappa shape index (κ1) is 14.6. The van der Waals surface area contributed by atoms with Crippen LogP contribution >= 0.6 is 0 Å². The molecular weight excluding hydrogens is 212 g/mol. The van der Waals surface area contributed by atoms with Crippen molar-refractivity contribution in [3.8, 4) is 0 Å². The maximum atomic E-state index is 11.5. The summed E-state index contributed by atoms with van der Waals surface area (Å²) in [5, 5.41) is 0. The molecule has 5 heteroatoms. The second-order valence-electron chi connectivity index (χ2n) is 3.14. The van der Waals surface area contributed by atoms with E-state index in [9.17, 15) is 9.59 Å². The van der Waals surface area contributed by atoms with E-state index in [1.807, 2.05) is 0 Å². The number of carbonyl (C=O) groups is 2. The first-order valence-corrected chi connectivity index (χ1v) is 5.03. The van der Waals surface area contributed by atoms with Crippen molar-refractivity contribution < 1.29 is 23.8 Å². The standard InChI is InChI=1S/C11H18O5/c1-5-15-11(13)10(16-9(3)12)8(2)6-7-14-4/h10H,2,5-7H2,1,3-4H3. The summed E-state index contributed by atoms with van der Waals surface area (Å²) in [6.07, 6.45) is -0.597. The van der Waals surface area contributed by atoms with E-state index < -0.39 is 18.0 Å². The highest BCUT2D eigenvalue weighted by Gasteiger charge is 2.25. The van der Waals surface area contributed by atoms with Crippen LogP contribution in [0.4, 0.5) is 0 Å². The first-order chi connectivity index (χ1) is 7.52. The zero-order valence-electron chi connectivity index (χ0n) is 9.95. The Bertz CT molecular complexity index is 259. The molecule has 0 spiro atoms. The Balaban J connectivity index is 4.46. The van der Waals surface area contributed by atoms with E-state index in [2.05, 4.69) is 6.58 Å². The molecule has 0 radical (unpaired) electrons. The van der Waals surface area contributed by atoms with Gasteiger partial charge in [0.15, 0.2) is 0 Å². The highest BCUT2D eigenvalue weighted by atomic mass is 16.6. The Morgan fingerprint density at radius 3 is 2.44 bits per heavy atom. The van der Waals surface area contributed by atoms with Gasteiger partial charge in [0.1, 0.15) is 0 Å². The molecule has 0 bridgehead atoms. The number of esters is 2. The van der Waals surface area contributed by atoms with Crippen LogP contribution in [0.1, 0.15) is 20.3 Å². The van der Waals surface area contributed by atoms with Crippen LogP contribution in [0.25, 0.3) is 0 Å². The maximum absolute atomic E-state index is 11.5. The van der Waals surface area contributed by atoms with Crippen LogP contribution < -0.4 is 0 Å². The normalized spacial score (nSPS) is 11.7.